The van der Waals surface area contributed by atoms with E-state index in [1.165, 1.54) is 29.3 Å². The van der Waals surface area contributed by atoms with Gasteiger partial charge in [-0.1, -0.05) is 56.3 Å². The first-order valence-electron chi connectivity index (χ1n) is 8.14. The van der Waals surface area contributed by atoms with Crippen molar-refractivity contribution in [2.75, 3.05) is 26.7 Å². The molecule has 0 radical (unpaired) electrons. The van der Waals surface area contributed by atoms with Gasteiger partial charge in [0.1, 0.15) is 0 Å². The number of likely N-dealkylation sites (N-methyl/N-ethyl adjacent to an activating group) is 1. The van der Waals surface area contributed by atoms with Gasteiger partial charge in [-0.2, -0.15) is 0 Å². The van der Waals surface area contributed by atoms with Crippen molar-refractivity contribution in [3.63, 3.8) is 0 Å². The van der Waals surface area contributed by atoms with Gasteiger partial charge in [-0.3, -0.25) is 0 Å². The summed E-state index contributed by atoms with van der Waals surface area (Å²) in [5, 5.41) is 6.23. The zero-order valence-corrected chi connectivity index (χ0v) is 13.6. The van der Waals surface area contributed by atoms with Crippen molar-refractivity contribution < 1.29 is 0 Å². The SMILES string of the molecule is CCN(CC)CCC(Cc1cccc2ccccc12)NC. The van der Waals surface area contributed by atoms with Gasteiger partial charge in [0.25, 0.3) is 0 Å². The van der Waals surface area contributed by atoms with E-state index in [1.807, 2.05) is 0 Å². The van der Waals surface area contributed by atoms with Gasteiger partial charge in [0.2, 0.25) is 0 Å². The molecule has 0 bridgehead atoms. The molecule has 114 valence electrons. The van der Waals surface area contributed by atoms with Gasteiger partial charge in [-0.05, 0) is 55.9 Å². The van der Waals surface area contributed by atoms with Crippen LogP contribution >= 0.6 is 0 Å². The zero-order valence-electron chi connectivity index (χ0n) is 13.6. The van der Waals surface area contributed by atoms with Crippen LogP contribution in [0.4, 0.5) is 0 Å². The van der Waals surface area contributed by atoms with E-state index >= 15 is 0 Å². The van der Waals surface area contributed by atoms with E-state index in [0.717, 1.165) is 19.5 Å². The topological polar surface area (TPSA) is 15.3 Å². The number of benzene rings is 2. The predicted octanol–water partition coefficient (Wildman–Crippen LogP) is 3.70. The fourth-order valence-electron chi connectivity index (χ4n) is 2.96. The van der Waals surface area contributed by atoms with E-state index in [2.05, 4.69) is 73.6 Å². The van der Waals surface area contributed by atoms with Crippen molar-refractivity contribution in [3.05, 3.63) is 48.0 Å². The van der Waals surface area contributed by atoms with Crippen molar-refractivity contribution in [3.8, 4) is 0 Å². The van der Waals surface area contributed by atoms with Crippen LogP contribution in [0.1, 0.15) is 25.8 Å². The molecule has 0 fully saturated rings. The Kier molecular flexibility index (Phi) is 6.21. The monoisotopic (exact) mass is 284 g/mol. The van der Waals surface area contributed by atoms with Gasteiger partial charge in [-0.15, -0.1) is 0 Å². The Bertz CT molecular complexity index is 541. The maximum absolute atomic E-state index is 3.49. The summed E-state index contributed by atoms with van der Waals surface area (Å²) < 4.78 is 0. The second kappa shape index (κ2) is 8.16. The molecule has 0 saturated carbocycles. The lowest BCUT2D eigenvalue weighted by atomic mass is 9.97. The molecule has 0 aliphatic carbocycles. The number of hydrogen-bond donors (Lipinski definition) is 1. The molecule has 21 heavy (non-hydrogen) atoms. The van der Waals surface area contributed by atoms with Gasteiger partial charge in [0.05, 0.1) is 0 Å². The minimum atomic E-state index is 0.538. The standard InChI is InChI=1S/C19H28N2/c1-4-21(5-2)14-13-18(20-3)15-17-11-8-10-16-9-6-7-12-19(16)17/h6-12,18,20H,4-5,13-15H2,1-3H3. The van der Waals surface area contributed by atoms with Crippen LogP contribution in [0.2, 0.25) is 0 Å². The summed E-state index contributed by atoms with van der Waals surface area (Å²) >= 11 is 0. The van der Waals surface area contributed by atoms with Gasteiger partial charge in [-0.25, -0.2) is 0 Å². The number of rotatable bonds is 8. The molecule has 1 N–H and O–H groups in total. The van der Waals surface area contributed by atoms with E-state index in [0.29, 0.717) is 6.04 Å². The van der Waals surface area contributed by atoms with Crippen LogP contribution < -0.4 is 5.32 Å². The molecule has 0 saturated heterocycles. The normalized spacial score (nSPS) is 13.0. The molecule has 0 aliphatic heterocycles. The highest BCUT2D eigenvalue weighted by molar-refractivity contribution is 5.85. The molecule has 2 nitrogen and oxygen atoms in total. The first-order valence-corrected chi connectivity index (χ1v) is 8.14. The summed E-state index contributed by atoms with van der Waals surface area (Å²) in [5.41, 5.74) is 1.45. The largest absolute Gasteiger partial charge is 0.317 e. The average molecular weight is 284 g/mol. The third-order valence-electron chi connectivity index (χ3n) is 4.44. The molecular weight excluding hydrogens is 256 g/mol. The van der Waals surface area contributed by atoms with Crippen LogP contribution in [0, 0.1) is 0 Å². The maximum atomic E-state index is 3.49. The summed E-state index contributed by atoms with van der Waals surface area (Å²) in [6, 6.07) is 15.9. The molecule has 0 spiro atoms. The Morgan fingerprint density at radius 2 is 1.71 bits per heavy atom. The third kappa shape index (κ3) is 4.29. The molecule has 1 atom stereocenters. The summed E-state index contributed by atoms with van der Waals surface area (Å²) in [6.07, 6.45) is 2.29. The second-order valence-electron chi connectivity index (χ2n) is 5.64. The Balaban J connectivity index is 2.06. The van der Waals surface area contributed by atoms with E-state index < -0.39 is 0 Å². The van der Waals surface area contributed by atoms with Crippen molar-refractivity contribution in [2.45, 2.75) is 32.7 Å². The molecule has 2 rings (SSSR count). The van der Waals surface area contributed by atoms with Crippen LogP contribution in [0.25, 0.3) is 10.8 Å². The fourth-order valence-corrected chi connectivity index (χ4v) is 2.96. The molecule has 2 aromatic rings. The average Bonchev–Trinajstić information content (AvgIpc) is 2.54. The maximum Gasteiger partial charge on any atom is 0.0117 e. The molecule has 1 unspecified atom stereocenters. The smallest absolute Gasteiger partial charge is 0.0117 e. The minimum absolute atomic E-state index is 0.538. The fraction of sp³-hybridized carbons (Fsp3) is 0.474. The van der Waals surface area contributed by atoms with Crippen LogP contribution in [0.15, 0.2) is 42.5 Å². The van der Waals surface area contributed by atoms with E-state index in [4.69, 9.17) is 0 Å². The van der Waals surface area contributed by atoms with E-state index in [9.17, 15) is 0 Å². The second-order valence-corrected chi connectivity index (χ2v) is 5.64. The first kappa shape index (κ1) is 16.0. The van der Waals surface area contributed by atoms with Crippen LogP contribution in [0.5, 0.6) is 0 Å². The van der Waals surface area contributed by atoms with Crippen LogP contribution in [0.3, 0.4) is 0 Å². The van der Waals surface area contributed by atoms with Crippen LogP contribution in [-0.2, 0) is 6.42 Å². The zero-order chi connectivity index (χ0) is 15.1. The lowest BCUT2D eigenvalue weighted by molar-refractivity contribution is 0.283. The lowest BCUT2D eigenvalue weighted by Gasteiger charge is -2.23. The number of nitrogens with zero attached hydrogens (tertiary/aromatic N) is 1. The van der Waals surface area contributed by atoms with Crippen molar-refractivity contribution in [2.24, 2.45) is 0 Å². The number of hydrogen-bond acceptors (Lipinski definition) is 2. The lowest BCUT2D eigenvalue weighted by Crippen LogP contribution is -2.33. The quantitative estimate of drug-likeness (QED) is 0.795. The predicted molar refractivity (Wildman–Crippen MR) is 92.9 cm³/mol. The van der Waals surface area contributed by atoms with Gasteiger partial charge >= 0.3 is 0 Å². The van der Waals surface area contributed by atoms with Gasteiger partial charge < -0.3 is 10.2 Å². The molecule has 2 aromatic carbocycles. The first-order chi connectivity index (χ1) is 10.3. The molecule has 2 heteroatoms. The van der Waals surface area contributed by atoms with Crippen molar-refractivity contribution in [1.82, 2.24) is 10.2 Å². The van der Waals surface area contributed by atoms with Crippen molar-refractivity contribution in [1.29, 1.82) is 0 Å². The Morgan fingerprint density at radius 3 is 2.43 bits per heavy atom. The highest BCUT2D eigenvalue weighted by atomic mass is 15.1. The Morgan fingerprint density at radius 1 is 1.00 bits per heavy atom. The highest BCUT2D eigenvalue weighted by Crippen LogP contribution is 2.20. The van der Waals surface area contributed by atoms with Gasteiger partial charge in [0, 0.05) is 6.04 Å². The van der Waals surface area contributed by atoms with Gasteiger partial charge in [0.15, 0.2) is 0 Å². The summed E-state index contributed by atoms with van der Waals surface area (Å²) in [7, 11) is 2.08. The summed E-state index contributed by atoms with van der Waals surface area (Å²) in [4.78, 5) is 2.49. The van der Waals surface area contributed by atoms with Crippen LogP contribution in [-0.4, -0.2) is 37.6 Å². The highest BCUT2D eigenvalue weighted by Gasteiger charge is 2.11. The van der Waals surface area contributed by atoms with E-state index in [1.54, 1.807) is 0 Å². The number of fused-ring (bicyclic) bond motifs is 1. The molecular formula is C19H28N2. The summed E-state index contributed by atoms with van der Waals surface area (Å²) in [5.74, 6) is 0. The number of nitrogens with one attached hydrogen (secondary N) is 1. The molecule has 0 aromatic heterocycles. The Hall–Kier alpha value is -1.38. The minimum Gasteiger partial charge on any atom is -0.317 e. The molecule has 0 heterocycles. The van der Waals surface area contributed by atoms with Crippen molar-refractivity contribution >= 4 is 10.8 Å². The third-order valence-corrected chi connectivity index (χ3v) is 4.44. The van der Waals surface area contributed by atoms with E-state index in [-0.39, 0.29) is 0 Å². The summed E-state index contributed by atoms with van der Waals surface area (Å²) in [6.45, 7) is 7.93. The molecule has 0 amide bonds. The molecule has 0 aliphatic rings. The Labute approximate surface area is 129 Å².